The number of halogens is 2. The minimum atomic E-state index is -0.104. The van der Waals surface area contributed by atoms with Crippen molar-refractivity contribution < 1.29 is 4.79 Å². The highest BCUT2D eigenvalue weighted by molar-refractivity contribution is 9.10. The largest absolute Gasteiger partial charge is 0.354 e. The van der Waals surface area contributed by atoms with E-state index in [0.29, 0.717) is 12.5 Å². The fourth-order valence-corrected chi connectivity index (χ4v) is 2.98. The Balaban J connectivity index is 0.00000200. The van der Waals surface area contributed by atoms with Crippen molar-refractivity contribution in [1.82, 2.24) is 5.32 Å². The highest BCUT2D eigenvalue weighted by Gasteiger charge is 2.28. The maximum Gasteiger partial charge on any atom is 0.233 e. The van der Waals surface area contributed by atoms with Crippen LogP contribution in [0.25, 0.3) is 0 Å². The van der Waals surface area contributed by atoms with Gasteiger partial charge in [-0.1, -0.05) is 15.9 Å². The molecule has 112 valence electrons. The van der Waals surface area contributed by atoms with Gasteiger partial charge in [0.1, 0.15) is 0 Å². The van der Waals surface area contributed by atoms with Crippen molar-refractivity contribution in [3.63, 3.8) is 0 Å². The quantitative estimate of drug-likeness (QED) is 0.746. The predicted octanol–water partition coefficient (Wildman–Crippen LogP) is 3.21. The highest BCUT2D eigenvalue weighted by Crippen LogP contribution is 2.31. The van der Waals surface area contributed by atoms with Crippen molar-refractivity contribution in [2.45, 2.75) is 36.0 Å². The lowest BCUT2D eigenvalue weighted by Crippen LogP contribution is -2.41. The summed E-state index contributed by atoms with van der Waals surface area (Å²) in [5.74, 6) is 0.679. The average molecular weight is 380 g/mol. The van der Waals surface area contributed by atoms with Gasteiger partial charge in [-0.25, -0.2) is 0 Å². The number of carbonyl (C=O) groups is 1. The van der Waals surface area contributed by atoms with Crippen LogP contribution >= 0.6 is 40.1 Å². The summed E-state index contributed by atoms with van der Waals surface area (Å²) < 4.78 is 1.05. The van der Waals surface area contributed by atoms with E-state index in [0.717, 1.165) is 9.37 Å². The molecule has 20 heavy (non-hydrogen) atoms. The zero-order valence-electron chi connectivity index (χ0n) is 11.3. The maximum absolute atomic E-state index is 12.0. The molecule has 0 aliphatic heterocycles. The van der Waals surface area contributed by atoms with E-state index < -0.39 is 0 Å². The van der Waals surface area contributed by atoms with Gasteiger partial charge in [-0.2, -0.15) is 0 Å². The smallest absolute Gasteiger partial charge is 0.233 e. The number of hydrogen-bond donors (Lipinski definition) is 2. The van der Waals surface area contributed by atoms with Crippen LogP contribution in [0.15, 0.2) is 33.6 Å². The van der Waals surface area contributed by atoms with Crippen LogP contribution in [0, 0.1) is 5.92 Å². The fraction of sp³-hybridized carbons (Fsp3) is 0.500. The van der Waals surface area contributed by atoms with E-state index in [1.807, 2.05) is 31.2 Å². The van der Waals surface area contributed by atoms with E-state index >= 15 is 0 Å². The first-order valence-electron chi connectivity index (χ1n) is 6.52. The number of hydrogen-bond acceptors (Lipinski definition) is 3. The van der Waals surface area contributed by atoms with Crippen molar-refractivity contribution in [2.75, 3.05) is 6.54 Å². The summed E-state index contributed by atoms with van der Waals surface area (Å²) in [7, 11) is 0. The van der Waals surface area contributed by atoms with Crippen LogP contribution in [0.5, 0.6) is 0 Å². The molecule has 1 fully saturated rings. The number of thioether (sulfide) groups is 1. The summed E-state index contributed by atoms with van der Waals surface area (Å²) in [6, 6.07) is 8.10. The van der Waals surface area contributed by atoms with Crippen LogP contribution in [-0.4, -0.2) is 23.7 Å². The molecule has 0 aromatic heterocycles. The zero-order chi connectivity index (χ0) is 13.8. The molecule has 0 saturated heterocycles. The second kappa shape index (κ2) is 8.27. The van der Waals surface area contributed by atoms with Gasteiger partial charge in [0.05, 0.1) is 5.25 Å². The second-order valence-electron chi connectivity index (χ2n) is 4.96. The van der Waals surface area contributed by atoms with Crippen LogP contribution in [0.1, 0.15) is 19.8 Å². The Labute approximate surface area is 139 Å². The molecule has 1 aromatic rings. The van der Waals surface area contributed by atoms with Crippen molar-refractivity contribution in [1.29, 1.82) is 0 Å². The van der Waals surface area contributed by atoms with E-state index in [9.17, 15) is 4.79 Å². The summed E-state index contributed by atoms with van der Waals surface area (Å²) in [5, 5.41) is 2.84. The van der Waals surface area contributed by atoms with Gasteiger partial charge in [0.25, 0.3) is 0 Å². The molecule has 1 aromatic carbocycles. The second-order valence-corrected chi connectivity index (χ2v) is 7.29. The molecule has 0 spiro atoms. The summed E-state index contributed by atoms with van der Waals surface area (Å²) in [6.07, 6.45) is 2.42. The lowest BCUT2D eigenvalue weighted by Gasteiger charge is -2.15. The van der Waals surface area contributed by atoms with E-state index in [4.69, 9.17) is 5.73 Å². The number of nitrogens with two attached hydrogens (primary N) is 1. The third-order valence-electron chi connectivity index (χ3n) is 3.24. The van der Waals surface area contributed by atoms with Gasteiger partial charge in [0.2, 0.25) is 5.91 Å². The summed E-state index contributed by atoms with van der Waals surface area (Å²) in [6.45, 7) is 2.51. The zero-order valence-corrected chi connectivity index (χ0v) is 14.6. The molecule has 0 heterocycles. The number of benzene rings is 1. The molecule has 2 rings (SSSR count). The first-order chi connectivity index (χ1) is 9.06. The highest BCUT2D eigenvalue weighted by atomic mass is 79.9. The van der Waals surface area contributed by atoms with Crippen LogP contribution < -0.4 is 11.1 Å². The van der Waals surface area contributed by atoms with Gasteiger partial charge in [-0.05, 0) is 49.9 Å². The third kappa shape index (κ3) is 5.64. The van der Waals surface area contributed by atoms with Crippen molar-refractivity contribution in [2.24, 2.45) is 11.7 Å². The molecule has 3 nitrogen and oxygen atoms in total. The molecular formula is C14H20BrClN2OS. The first kappa shape index (κ1) is 17.8. The number of carbonyl (C=O) groups excluding carboxylic acids is 1. The number of rotatable bonds is 6. The molecule has 1 aliphatic carbocycles. The third-order valence-corrected chi connectivity index (χ3v) is 4.88. The minimum absolute atomic E-state index is 0. The van der Waals surface area contributed by atoms with Crippen LogP contribution in [-0.2, 0) is 4.79 Å². The Morgan fingerprint density at radius 3 is 2.60 bits per heavy atom. The normalized spacial score (nSPS) is 16.9. The monoisotopic (exact) mass is 378 g/mol. The van der Waals surface area contributed by atoms with Gasteiger partial charge in [0.15, 0.2) is 0 Å². The van der Waals surface area contributed by atoms with E-state index in [-0.39, 0.29) is 29.6 Å². The van der Waals surface area contributed by atoms with Crippen LogP contribution in [0.3, 0.4) is 0 Å². The summed E-state index contributed by atoms with van der Waals surface area (Å²) >= 11 is 4.96. The Morgan fingerprint density at radius 1 is 1.45 bits per heavy atom. The van der Waals surface area contributed by atoms with Crippen molar-refractivity contribution in [3.05, 3.63) is 28.7 Å². The van der Waals surface area contributed by atoms with Crippen molar-refractivity contribution >= 4 is 46.0 Å². The molecule has 1 amide bonds. The Hall–Kier alpha value is -0.230. The SMILES string of the molecule is CC(Sc1ccc(Br)cc1)C(=O)NCC(N)C1CC1.Cl. The van der Waals surface area contributed by atoms with Crippen LogP contribution in [0.4, 0.5) is 0 Å². The van der Waals surface area contributed by atoms with E-state index in [1.54, 1.807) is 11.8 Å². The standard InChI is InChI=1S/C14H19BrN2OS.ClH/c1-9(19-12-6-4-11(15)5-7-12)14(18)17-8-13(16)10-2-3-10;/h4-7,9-10,13H,2-3,8,16H2,1H3,(H,17,18);1H. The maximum atomic E-state index is 12.0. The lowest BCUT2D eigenvalue weighted by atomic mass is 10.2. The fourth-order valence-electron chi connectivity index (χ4n) is 1.82. The van der Waals surface area contributed by atoms with Gasteiger partial charge in [0, 0.05) is 22.0 Å². The van der Waals surface area contributed by atoms with Crippen molar-refractivity contribution in [3.8, 4) is 0 Å². The topological polar surface area (TPSA) is 55.1 Å². The molecule has 2 unspecified atom stereocenters. The molecule has 1 saturated carbocycles. The Kier molecular flexibility index (Phi) is 7.37. The Bertz CT molecular complexity index is 439. The lowest BCUT2D eigenvalue weighted by molar-refractivity contribution is -0.120. The number of nitrogens with one attached hydrogen (secondary N) is 1. The molecule has 1 aliphatic rings. The molecule has 3 N–H and O–H groups in total. The first-order valence-corrected chi connectivity index (χ1v) is 8.19. The molecule has 2 atom stereocenters. The molecule has 6 heteroatoms. The van der Waals surface area contributed by atoms with Crippen LogP contribution in [0.2, 0.25) is 0 Å². The average Bonchev–Trinajstić information content (AvgIpc) is 3.22. The van der Waals surface area contributed by atoms with Gasteiger partial charge >= 0.3 is 0 Å². The predicted molar refractivity (Wildman–Crippen MR) is 90.4 cm³/mol. The summed E-state index contributed by atoms with van der Waals surface area (Å²) in [4.78, 5) is 13.1. The van der Waals surface area contributed by atoms with Gasteiger partial charge < -0.3 is 11.1 Å². The summed E-state index contributed by atoms with van der Waals surface area (Å²) in [5.41, 5.74) is 5.97. The minimum Gasteiger partial charge on any atom is -0.354 e. The van der Waals surface area contributed by atoms with Gasteiger partial charge in [-0.15, -0.1) is 24.2 Å². The number of amides is 1. The molecular weight excluding hydrogens is 360 g/mol. The van der Waals surface area contributed by atoms with Gasteiger partial charge in [-0.3, -0.25) is 4.79 Å². The Morgan fingerprint density at radius 2 is 2.05 bits per heavy atom. The van der Waals surface area contributed by atoms with E-state index in [2.05, 4.69) is 21.2 Å². The molecule has 0 bridgehead atoms. The molecule has 0 radical (unpaired) electrons. The van der Waals surface area contributed by atoms with E-state index in [1.165, 1.54) is 12.8 Å².